The third-order valence-electron chi connectivity index (χ3n) is 1.91. The monoisotopic (exact) mass is 229 g/mol. The van der Waals surface area contributed by atoms with Crippen LogP contribution in [-0.2, 0) is 0 Å². The summed E-state index contributed by atoms with van der Waals surface area (Å²) >= 11 is 11.6. The van der Waals surface area contributed by atoms with Crippen molar-refractivity contribution in [1.29, 1.82) is 0 Å². The summed E-state index contributed by atoms with van der Waals surface area (Å²) in [6.07, 6.45) is 0.738. The Morgan fingerprint density at radius 2 is 2.14 bits per heavy atom. The standard InChI is InChI=1S/C9H9Cl2N3/c1-2-9(13-14-12)6-3-4-7(10)8(11)5-6/h3-5,9H,2H2,1H3. The molecule has 0 spiro atoms. The fourth-order valence-electron chi connectivity index (χ4n) is 1.17. The zero-order valence-corrected chi connectivity index (χ0v) is 9.13. The van der Waals surface area contributed by atoms with Crippen molar-refractivity contribution in [2.45, 2.75) is 19.4 Å². The minimum Gasteiger partial charge on any atom is -0.0859 e. The number of benzene rings is 1. The normalized spacial score (nSPS) is 11.9. The molecule has 3 nitrogen and oxygen atoms in total. The second-order valence-corrected chi connectivity index (χ2v) is 3.62. The van der Waals surface area contributed by atoms with Crippen LogP contribution in [0.1, 0.15) is 24.9 Å². The maximum absolute atomic E-state index is 8.35. The van der Waals surface area contributed by atoms with E-state index in [1.807, 2.05) is 13.0 Å². The lowest BCUT2D eigenvalue weighted by molar-refractivity contribution is 0.693. The van der Waals surface area contributed by atoms with Crippen molar-refractivity contribution in [3.63, 3.8) is 0 Å². The molecule has 1 unspecified atom stereocenters. The maximum atomic E-state index is 8.35. The second-order valence-electron chi connectivity index (χ2n) is 2.80. The molecule has 0 N–H and O–H groups in total. The van der Waals surface area contributed by atoms with Crippen molar-refractivity contribution in [2.75, 3.05) is 0 Å². The molecule has 0 radical (unpaired) electrons. The molecule has 0 aromatic heterocycles. The van der Waals surface area contributed by atoms with Crippen molar-refractivity contribution in [3.05, 3.63) is 44.3 Å². The summed E-state index contributed by atoms with van der Waals surface area (Å²) in [4.78, 5) is 2.78. The highest BCUT2D eigenvalue weighted by atomic mass is 35.5. The third-order valence-corrected chi connectivity index (χ3v) is 2.65. The quantitative estimate of drug-likeness (QED) is 0.408. The van der Waals surface area contributed by atoms with Gasteiger partial charge in [0.05, 0.1) is 16.1 Å². The zero-order valence-electron chi connectivity index (χ0n) is 7.61. The van der Waals surface area contributed by atoms with E-state index < -0.39 is 0 Å². The molecule has 0 heterocycles. The van der Waals surface area contributed by atoms with Gasteiger partial charge in [0.25, 0.3) is 0 Å². The van der Waals surface area contributed by atoms with Crippen LogP contribution in [0.5, 0.6) is 0 Å². The lowest BCUT2D eigenvalue weighted by Gasteiger charge is -2.08. The van der Waals surface area contributed by atoms with E-state index in [9.17, 15) is 0 Å². The second kappa shape index (κ2) is 5.11. The summed E-state index contributed by atoms with van der Waals surface area (Å²) < 4.78 is 0. The van der Waals surface area contributed by atoms with E-state index in [0.717, 1.165) is 12.0 Å². The molecule has 5 heteroatoms. The summed E-state index contributed by atoms with van der Waals surface area (Å²) in [6, 6.07) is 5.08. The fourth-order valence-corrected chi connectivity index (χ4v) is 1.47. The Hall–Kier alpha value is -0.890. The Kier molecular flexibility index (Phi) is 4.08. The number of hydrogen-bond donors (Lipinski definition) is 0. The molecule has 0 fully saturated rings. The summed E-state index contributed by atoms with van der Waals surface area (Å²) in [5, 5.41) is 4.65. The van der Waals surface area contributed by atoms with Crippen LogP contribution in [0.25, 0.3) is 10.4 Å². The van der Waals surface area contributed by atoms with Gasteiger partial charge in [0.1, 0.15) is 0 Å². The zero-order chi connectivity index (χ0) is 10.6. The molecule has 1 rings (SSSR count). The summed E-state index contributed by atoms with van der Waals surface area (Å²) in [5.41, 5.74) is 9.24. The lowest BCUT2D eigenvalue weighted by Crippen LogP contribution is -1.92. The average Bonchev–Trinajstić information content (AvgIpc) is 2.19. The van der Waals surface area contributed by atoms with Gasteiger partial charge in [-0.05, 0) is 29.6 Å². The van der Waals surface area contributed by atoms with Gasteiger partial charge in [-0.3, -0.25) is 0 Å². The minimum absolute atomic E-state index is 0.172. The Bertz CT molecular complexity index is 372. The van der Waals surface area contributed by atoms with Crippen LogP contribution in [0.2, 0.25) is 10.0 Å². The lowest BCUT2D eigenvalue weighted by atomic mass is 10.1. The first-order valence-electron chi connectivity index (χ1n) is 4.18. The van der Waals surface area contributed by atoms with E-state index >= 15 is 0 Å². The fraction of sp³-hybridized carbons (Fsp3) is 0.333. The van der Waals surface area contributed by atoms with E-state index in [-0.39, 0.29) is 6.04 Å². The molecule has 0 saturated carbocycles. The highest BCUT2D eigenvalue weighted by molar-refractivity contribution is 6.42. The van der Waals surface area contributed by atoms with Crippen LogP contribution in [0, 0.1) is 0 Å². The molecular formula is C9H9Cl2N3. The smallest absolute Gasteiger partial charge is 0.0623 e. The van der Waals surface area contributed by atoms with Crippen LogP contribution in [-0.4, -0.2) is 0 Å². The molecule has 0 aliphatic heterocycles. The molecule has 1 aromatic rings. The van der Waals surface area contributed by atoms with Crippen LogP contribution >= 0.6 is 23.2 Å². The van der Waals surface area contributed by atoms with Gasteiger partial charge in [0, 0.05) is 4.91 Å². The van der Waals surface area contributed by atoms with Crippen LogP contribution in [0.3, 0.4) is 0 Å². The summed E-state index contributed by atoms with van der Waals surface area (Å²) in [7, 11) is 0. The van der Waals surface area contributed by atoms with Gasteiger partial charge in [0.2, 0.25) is 0 Å². The Labute approximate surface area is 92.3 Å². The predicted octanol–water partition coefficient (Wildman–Crippen LogP) is 4.75. The number of azide groups is 1. The van der Waals surface area contributed by atoms with Crippen molar-refractivity contribution in [2.24, 2.45) is 5.11 Å². The number of rotatable bonds is 3. The van der Waals surface area contributed by atoms with Crippen LogP contribution in [0.15, 0.2) is 23.3 Å². The first kappa shape index (κ1) is 11.2. The number of nitrogens with zero attached hydrogens (tertiary/aromatic N) is 3. The maximum Gasteiger partial charge on any atom is 0.0623 e. The molecule has 14 heavy (non-hydrogen) atoms. The Morgan fingerprint density at radius 1 is 1.43 bits per heavy atom. The molecular weight excluding hydrogens is 221 g/mol. The largest absolute Gasteiger partial charge is 0.0859 e. The van der Waals surface area contributed by atoms with Crippen LogP contribution in [0.4, 0.5) is 0 Å². The predicted molar refractivity (Wildman–Crippen MR) is 58.6 cm³/mol. The first-order chi connectivity index (χ1) is 6.69. The van der Waals surface area contributed by atoms with Gasteiger partial charge >= 0.3 is 0 Å². The van der Waals surface area contributed by atoms with Crippen molar-refractivity contribution in [3.8, 4) is 0 Å². The molecule has 0 bridgehead atoms. The van der Waals surface area contributed by atoms with Crippen molar-refractivity contribution in [1.82, 2.24) is 0 Å². The molecule has 0 saturated heterocycles. The van der Waals surface area contributed by atoms with Gasteiger partial charge < -0.3 is 0 Å². The van der Waals surface area contributed by atoms with Gasteiger partial charge in [-0.2, -0.15) is 0 Å². The third kappa shape index (κ3) is 2.55. The van der Waals surface area contributed by atoms with E-state index in [1.165, 1.54) is 0 Å². The van der Waals surface area contributed by atoms with Gasteiger partial charge in [-0.1, -0.05) is 41.3 Å². The molecule has 74 valence electrons. The van der Waals surface area contributed by atoms with E-state index in [0.29, 0.717) is 10.0 Å². The summed E-state index contributed by atoms with van der Waals surface area (Å²) in [5.74, 6) is 0. The Morgan fingerprint density at radius 3 is 2.64 bits per heavy atom. The van der Waals surface area contributed by atoms with E-state index in [1.54, 1.807) is 12.1 Å². The van der Waals surface area contributed by atoms with Crippen LogP contribution < -0.4 is 0 Å². The molecule has 0 amide bonds. The molecule has 1 atom stereocenters. The average molecular weight is 230 g/mol. The molecule has 1 aromatic carbocycles. The molecule has 0 aliphatic carbocycles. The van der Waals surface area contributed by atoms with Gasteiger partial charge in [-0.15, -0.1) is 0 Å². The SMILES string of the molecule is CCC(N=[N+]=[N-])c1ccc(Cl)c(Cl)c1. The topological polar surface area (TPSA) is 48.8 Å². The minimum atomic E-state index is -0.172. The van der Waals surface area contributed by atoms with E-state index in [4.69, 9.17) is 28.7 Å². The van der Waals surface area contributed by atoms with Gasteiger partial charge in [-0.25, -0.2) is 0 Å². The number of halogens is 2. The van der Waals surface area contributed by atoms with Crippen molar-refractivity contribution >= 4 is 23.2 Å². The van der Waals surface area contributed by atoms with E-state index in [2.05, 4.69) is 10.0 Å². The first-order valence-corrected chi connectivity index (χ1v) is 4.93. The summed E-state index contributed by atoms with van der Waals surface area (Å²) in [6.45, 7) is 1.95. The Balaban J connectivity index is 3.05. The highest BCUT2D eigenvalue weighted by Crippen LogP contribution is 2.28. The number of hydrogen-bond acceptors (Lipinski definition) is 1. The van der Waals surface area contributed by atoms with Gasteiger partial charge in [0.15, 0.2) is 0 Å². The van der Waals surface area contributed by atoms with Crippen molar-refractivity contribution < 1.29 is 0 Å². The highest BCUT2D eigenvalue weighted by Gasteiger charge is 2.08. The molecule has 0 aliphatic rings.